The molecular formula is C17H15FN2. The monoisotopic (exact) mass is 266 g/mol. The Bertz CT molecular complexity index is 740. The van der Waals surface area contributed by atoms with Gasteiger partial charge < -0.3 is 5.32 Å². The van der Waals surface area contributed by atoms with Crippen molar-refractivity contribution >= 4 is 10.9 Å². The molecule has 0 radical (unpaired) electrons. The number of hydrogen-bond acceptors (Lipinski definition) is 2. The molecule has 100 valence electrons. The van der Waals surface area contributed by atoms with Crippen molar-refractivity contribution in [3.8, 4) is 0 Å². The second-order valence-electron chi connectivity index (χ2n) is 4.73. The molecule has 3 heteroatoms. The molecule has 0 fully saturated rings. The van der Waals surface area contributed by atoms with Gasteiger partial charge in [-0.15, -0.1) is 0 Å². The summed E-state index contributed by atoms with van der Waals surface area (Å²) in [6.07, 6.45) is 1.78. The molecule has 1 atom stereocenters. The van der Waals surface area contributed by atoms with Gasteiger partial charge >= 0.3 is 0 Å². The van der Waals surface area contributed by atoms with Crippen LogP contribution >= 0.6 is 0 Å². The normalized spacial score (nSPS) is 12.5. The summed E-state index contributed by atoms with van der Waals surface area (Å²) in [4.78, 5) is 4.37. The van der Waals surface area contributed by atoms with Gasteiger partial charge in [0.2, 0.25) is 0 Å². The maximum absolute atomic E-state index is 13.4. The minimum Gasteiger partial charge on any atom is -0.309 e. The number of aromatic nitrogens is 1. The Balaban J connectivity index is 2.07. The van der Waals surface area contributed by atoms with Gasteiger partial charge in [0.05, 0.1) is 11.6 Å². The highest BCUT2D eigenvalue weighted by atomic mass is 19.1. The molecule has 0 aliphatic rings. The molecule has 1 aromatic heterocycles. The topological polar surface area (TPSA) is 24.9 Å². The SMILES string of the molecule is CNC(c1cccc(F)c1)c1ccc2cccnc2c1. The highest BCUT2D eigenvalue weighted by Crippen LogP contribution is 2.24. The zero-order chi connectivity index (χ0) is 13.9. The fourth-order valence-corrected chi connectivity index (χ4v) is 2.47. The van der Waals surface area contributed by atoms with Crippen molar-refractivity contribution in [1.29, 1.82) is 0 Å². The lowest BCUT2D eigenvalue weighted by molar-refractivity contribution is 0.617. The van der Waals surface area contributed by atoms with E-state index in [-0.39, 0.29) is 11.9 Å². The third-order valence-corrected chi connectivity index (χ3v) is 3.43. The Morgan fingerprint density at radius 3 is 2.65 bits per heavy atom. The van der Waals surface area contributed by atoms with Crippen molar-refractivity contribution in [2.45, 2.75) is 6.04 Å². The fraction of sp³-hybridized carbons (Fsp3) is 0.118. The molecule has 3 rings (SSSR count). The quantitative estimate of drug-likeness (QED) is 0.782. The van der Waals surface area contributed by atoms with E-state index in [2.05, 4.69) is 16.4 Å². The summed E-state index contributed by atoms with van der Waals surface area (Å²) in [6, 6.07) is 16.7. The number of fused-ring (bicyclic) bond motifs is 1. The van der Waals surface area contributed by atoms with E-state index in [1.54, 1.807) is 18.3 Å². The van der Waals surface area contributed by atoms with Gasteiger partial charge in [-0.05, 0) is 42.4 Å². The summed E-state index contributed by atoms with van der Waals surface area (Å²) in [7, 11) is 1.87. The first kappa shape index (κ1) is 12.8. The van der Waals surface area contributed by atoms with Crippen molar-refractivity contribution in [1.82, 2.24) is 10.3 Å². The molecule has 2 nitrogen and oxygen atoms in total. The lowest BCUT2D eigenvalue weighted by Crippen LogP contribution is -2.17. The Kier molecular flexibility index (Phi) is 3.44. The van der Waals surface area contributed by atoms with Crippen LogP contribution in [0, 0.1) is 5.82 Å². The first-order chi connectivity index (χ1) is 9.78. The molecule has 0 bridgehead atoms. The lowest BCUT2D eigenvalue weighted by Gasteiger charge is -2.17. The van der Waals surface area contributed by atoms with Gasteiger partial charge in [0.15, 0.2) is 0 Å². The lowest BCUT2D eigenvalue weighted by atomic mass is 9.97. The maximum atomic E-state index is 13.4. The van der Waals surface area contributed by atoms with Gasteiger partial charge in [0.1, 0.15) is 5.82 Å². The van der Waals surface area contributed by atoms with E-state index in [9.17, 15) is 4.39 Å². The van der Waals surface area contributed by atoms with Crippen LogP contribution in [-0.2, 0) is 0 Å². The highest BCUT2D eigenvalue weighted by molar-refractivity contribution is 5.79. The van der Waals surface area contributed by atoms with Crippen LogP contribution < -0.4 is 5.32 Å². The molecule has 1 unspecified atom stereocenters. The average Bonchev–Trinajstić information content (AvgIpc) is 2.48. The van der Waals surface area contributed by atoms with E-state index in [0.717, 1.165) is 22.0 Å². The van der Waals surface area contributed by atoms with Crippen molar-refractivity contribution < 1.29 is 4.39 Å². The van der Waals surface area contributed by atoms with Gasteiger partial charge in [0, 0.05) is 11.6 Å². The smallest absolute Gasteiger partial charge is 0.123 e. The number of pyridine rings is 1. The van der Waals surface area contributed by atoms with E-state index in [0.29, 0.717) is 0 Å². The van der Waals surface area contributed by atoms with Crippen molar-refractivity contribution in [3.63, 3.8) is 0 Å². The molecule has 0 saturated heterocycles. The molecule has 0 spiro atoms. The Hall–Kier alpha value is -2.26. The van der Waals surface area contributed by atoms with Gasteiger partial charge in [0.25, 0.3) is 0 Å². The highest BCUT2D eigenvalue weighted by Gasteiger charge is 2.13. The third kappa shape index (κ3) is 2.40. The average molecular weight is 266 g/mol. The number of benzene rings is 2. The van der Waals surface area contributed by atoms with Crippen LogP contribution in [0.25, 0.3) is 10.9 Å². The fourth-order valence-electron chi connectivity index (χ4n) is 2.47. The van der Waals surface area contributed by atoms with Crippen molar-refractivity contribution in [2.75, 3.05) is 7.05 Å². The zero-order valence-corrected chi connectivity index (χ0v) is 11.2. The molecule has 2 aromatic carbocycles. The van der Waals surface area contributed by atoms with E-state index >= 15 is 0 Å². The Morgan fingerprint density at radius 1 is 1.00 bits per heavy atom. The molecule has 20 heavy (non-hydrogen) atoms. The molecule has 0 aliphatic heterocycles. The number of halogens is 1. The molecule has 3 aromatic rings. The first-order valence-electron chi connectivity index (χ1n) is 6.55. The third-order valence-electron chi connectivity index (χ3n) is 3.43. The molecular weight excluding hydrogens is 251 g/mol. The first-order valence-corrected chi connectivity index (χ1v) is 6.55. The van der Waals surface area contributed by atoms with Crippen LogP contribution in [0.4, 0.5) is 4.39 Å². The predicted molar refractivity (Wildman–Crippen MR) is 79.0 cm³/mol. The van der Waals surface area contributed by atoms with Crippen LogP contribution in [0.5, 0.6) is 0 Å². The van der Waals surface area contributed by atoms with Crippen LogP contribution in [0.3, 0.4) is 0 Å². The molecule has 0 aliphatic carbocycles. The van der Waals surface area contributed by atoms with E-state index < -0.39 is 0 Å². The summed E-state index contributed by atoms with van der Waals surface area (Å²) in [6.45, 7) is 0. The number of nitrogens with zero attached hydrogens (tertiary/aromatic N) is 1. The van der Waals surface area contributed by atoms with Gasteiger partial charge in [-0.2, -0.15) is 0 Å². The van der Waals surface area contributed by atoms with Crippen LogP contribution in [0.15, 0.2) is 60.8 Å². The van der Waals surface area contributed by atoms with Gasteiger partial charge in [-0.25, -0.2) is 4.39 Å². The second-order valence-corrected chi connectivity index (χ2v) is 4.73. The summed E-state index contributed by atoms with van der Waals surface area (Å²) in [5.74, 6) is -0.221. The Morgan fingerprint density at radius 2 is 1.85 bits per heavy atom. The minimum atomic E-state index is -0.221. The van der Waals surface area contributed by atoms with Crippen LogP contribution in [-0.4, -0.2) is 12.0 Å². The predicted octanol–water partition coefficient (Wildman–Crippen LogP) is 3.68. The summed E-state index contributed by atoms with van der Waals surface area (Å²) < 4.78 is 13.4. The van der Waals surface area contributed by atoms with E-state index in [1.165, 1.54) is 6.07 Å². The van der Waals surface area contributed by atoms with E-state index in [1.807, 2.05) is 37.4 Å². The number of nitrogens with one attached hydrogen (secondary N) is 1. The molecule has 0 amide bonds. The van der Waals surface area contributed by atoms with Gasteiger partial charge in [-0.1, -0.05) is 30.3 Å². The van der Waals surface area contributed by atoms with E-state index in [4.69, 9.17) is 0 Å². The van der Waals surface area contributed by atoms with Crippen LogP contribution in [0.2, 0.25) is 0 Å². The molecule has 0 saturated carbocycles. The van der Waals surface area contributed by atoms with Crippen molar-refractivity contribution in [2.24, 2.45) is 0 Å². The van der Waals surface area contributed by atoms with Crippen molar-refractivity contribution in [3.05, 3.63) is 77.7 Å². The summed E-state index contributed by atoms with van der Waals surface area (Å²) >= 11 is 0. The summed E-state index contributed by atoms with van der Waals surface area (Å²) in [5.41, 5.74) is 2.92. The zero-order valence-electron chi connectivity index (χ0n) is 11.2. The Labute approximate surface area is 117 Å². The minimum absolute atomic E-state index is 0.0443. The number of hydrogen-bond donors (Lipinski definition) is 1. The summed E-state index contributed by atoms with van der Waals surface area (Å²) in [5, 5.41) is 4.33. The number of rotatable bonds is 3. The maximum Gasteiger partial charge on any atom is 0.123 e. The molecule has 1 heterocycles. The van der Waals surface area contributed by atoms with Crippen LogP contribution in [0.1, 0.15) is 17.2 Å². The standard InChI is InChI=1S/C17H15FN2/c1-19-17(13-4-2-6-15(18)10-13)14-8-7-12-5-3-9-20-16(12)11-14/h2-11,17,19H,1H3. The molecule has 1 N–H and O–H groups in total. The second kappa shape index (κ2) is 5.39. The van der Waals surface area contributed by atoms with Gasteiger partial charge in [-0.3, -0.25) is 4.98 Å². The largest absolute Gasteiger partial charge is 0.309 e.